The average Bonchev–Trinajstić information content (AvgIpc) is 3.28. The van der Waals surface area contributed by atoms with E-state index in [0.29, 0.717) is 28.1 Å². The zero-order valence-corrected chi connectivity index (χ0v) is 21.5. The number of anilines is 1. The molecule has 1 N–H and O–H groups in total. The topological polar surface area (TPSA) is 134 Å². The van der Waals surface area contributed by atoms with Gasteiger partial charge in [0.25, 0.3) is 0 Å². The maximum absolute atomic E-state index is 13.4. The highest BCUT2D eigenvalue weighted by Gasteiger charge is 2.34. The molecule has 0 spiro atoms. The van der Waals surface area contributed by atoms with Gasteiger partial charge in [0, 0.05) is 30.6 Å². The fourth-order valence-electron chi connectivity index (χ4n) is 3.44. The van der Waals surface area contributed by atoms with Crippen LogP contribution >= 0.6 is 11.6 Å². The molecule has 0 amide bonds. The van der Waals surface area contributed by atoms with Crippen LogP contribution < -0.4 is 9.46 Å². The Hall–Kier alpha value is -3.61. The van der Waals surface area contributed by atoms with Gasteiger partial charge in [0.2, 0.25) is 21.9 Å². The number of aromatic nitrogens is 6. The Morgan fingerprint density at radius 1 is 1.03 bits per heavy atom. The molecule has 0 radical (unpaired) electrons. The van der Waals surface area contributed by atoms with Crippen molar-refractivity contribution in [3.8, 4) is 23.1 Å². The van der Waals surface area contributed by atoms with Gasteiger partial charge in [0.15, 0.2) is 11.6 Å². The van der Waals surface area contributed by atoms with Crippen molar-refractivity contribution in [2.24, 2.45) is 0 Å². The number of pyridine rings is 1. The molecule has 0 fully saturated rings. The Balaban J connectivity index is 1.75. The molecule has 36 heavy (non-hydrogen) atoms. The predicted octanol–water partition coefficient (Wildman–Crippen LogP) is 3.61. The van der Waals surface area contributed by atoms with Crippen molar-refractivity contribution in [2.45, 2.75) is 25.2 Å². The Morgan fingerprint density at radius 2 is 1.72 bits per heavy atom. The summed E-state index contributed by atoms with van der Waals surface area (Å²) in [6.07, 6.45) is 2.28. The molecule has 188 valence electrons. The number of aryl methyl sites for hydroxylation is 1. The van der Waals surface area contributed by atoms with Gasteiger partial charge in [-0.2, -0.15) is 0 Å². The predicted molar refractivity (Wildman–Crippen MR) is 135 cm³/mol. The van der Waals surface area contributed by atoms with Gasteiger partial charge in [0.1, 0.15) is 17.0 Å². The van der Waals surface area contributed by atoms with E-state index in [-0.39, 0.29) is 11.8 Å². The average molecular weight is 530 g/mol. The quantitative estimate of drug-likeness (QED) is 0.345. The van der Waals surface area contributed by atoms with Gasteiger partial charge in [0.05, 0.1) is 12.8 Å². The zero-order chi connectivity index (χ0) is 25.9. The van der Waals surface area contributed by atoms with Crippen LogP contribution in [0, 0.1) is 6.92 Å². The minimum Gasteiger partial charge on any atom is -0.481 e. The van der Waals surface area contributed by atoms with Crippen LogP contribution in [0.15, 0.2) is 54.9 Å². The maximum Gasteiger partial charge on any atom is 0.243 e. The van der Waals surface area contributed by atoms with Gasteiger partial charge in [-0.15, -0.1) is 10.2 Å². The third-order valence-corrected chi connectivity index (χ3v) is 7.31. The van der Waals surface area contributed by atoms with E-state index in [0.717, 1.165) is 5.56 Å². The van der Waals surface area contributed by atoms with Crippen LogP contribution in [-0.2, 0) is 14.8 Å². The van der Waals surface area contributed by atoms with E-state index in [1.54, 1.807) is 54.9 Å². The summed E-state index contributed by atoms with van der Waals surface area (Å²) in [6, 6.07) is 11.9. The van der Waals surface area contributed by atoms with Crippen molar-refractivity contribution in [2.75, 3.05) is 18.9 Å². The summed E-state index contributed by atoms with van der Waals surface area (Å²) in [5, 5.41) is 7.78. The normalized spacial score (nSPS) is 13.2. The summed E-state index contributed by atoms with van der Waals surface area (Å²) in [5.41, 5.74) is 1.84. The lowest BCUT2D eigenvalue weighted by molar-refractivity contribution is 0.0949. The molecule has 0 aliphatic rings. The van der Waals surface area contributed by atoms with Gasteiger partial charge < -0.3 is 9.47 Å². The largest absolute Gasteiger partial charge is 0.481 e. The first kappa shape index (κ1) is 25.5. The van der Waals surface area contributed by atoms with Gasteiger partial charge in [-0.1, -0.05) is 17.7 Å². The van der Waals surface area contributed by atoms with Gasteiger partial charge in [-0.25, -0.2) is 23.4 Å². The fourth-order valence-corrected chi connectivity index (χ4v) is 4.70. The van der Waals surface area contributed by atoms with E-state index in [4.69, 9.17) is 21.1 Å². The van der Waals surface area contributed by atoms with E-state index in [1.165, 1.54) is 25.7 Å². The van der Waals surface area contributed by atoms with E-state index in [2.05, 4.69) is 29.9 Å². The number of methoxy groups -OCH3 is 2. The number of rotatable bonds is 9. The molecular formula is C23H24ClN7O4S. The lowest BCUT2D eigenvalue weighted by Crippen LogP contribution is -2.33. The van der Waals surface area contributed by atoms with Crippen molar-refractivity contribution >= 4 is 27.6 Å². The Kier molecular flexibility index (Phi) is 7.48. The van der Waals surface area contributed by atoms with Gasteiger partial charge in [-0.3, -0.25) is 9.29 Å². The van der Waals surface area contributed by atoms with E-state index < -0.39 is 21.4 Å². The summed E-state index contributed by atoms with van der Waals surface area (Å²) >= 11 is 6.07. The van der Waals surface area contributed by atoms with Crippen LogP contribution in [0.1, 0.15) is 24.4 Å². The lowest BCUT2D eigenvalue weighted by Gasteiger charge is -2.22. The number of nitrogens with one attached hydrogen (secondary N) is 1. The number of benzene rings is 1. The van der Waals surface area contributed by atoms with Crippen LogP contribution in [0.25, 0.3) is 17.2 Å². The van der Waals surface area contributed by atoms with Crippen LogP contribution in [0.5, 0.6) is 5.88 Å². The molecule has 2 atom stereocenters. The van der Waals surface area contributed by atoms with E-state index in [1.807, 2.05) is 6.92 Å². The van der Waals surface area contributed by atoms with Gasteiger partial charge in [-0.05, 0) is 49.7 Å². The third kappa shape index (κ3) is 5.30. The monoisotopic (exact) mass is 529 g/mol. The van der Waals surface area contributed by atoms with Crippen molar-refractivity contribution in [3.05, 3.63) is 71.3 Å². The van der Waals surface area contributed by atoms with Crippen molar-refractivity contribution in [1.82, 2.24) is 29.7 Å². The van der Waals surface area contributed by atoms with Crippen molar-refractivity contribution in [3.63, 3.8) is 0 Å². The molecule has 13 heteroatoms. The summed E-state index contributed by atoms with van der Waals surface area (Å²) in [6.45, 7) is 3.35. The molecule has 0 saturated heterocycles. The SMILES string of the molecule is COc1cccc(-c2nnc(NS(=O)(=O)C(C)C(OC)c3ncc(C)cn3)n2-c2ccc(Cl)cc2)n1. The van der Waals surface area contributed by atoms with Crippen molar-refractivity contribution < 1.29 is 17.9 Å². The first-order valence-corrected chi connectivity index (χ1v) is 12.7. The molecule has 3 aromatic heterocycles. The molecule has 1 aromatic carbocycles. The standard InChI is InChI=1S/C23H24ClN7O4S/c1-14-12-25-21(26-13-14)20(35-4)15(2)36(32,33)30-23-29-28-22(18-6-5-7-19(27-18)34-3)31(23)17-10-8-16(24)9-11-17/h5-13,15,20H,1-4H3,(H,29,30). The molecular weight excluding hydrogens is 506 g/mol. The van der Waals surface area contributed by atoms with E-state index >= 15 is 0 Å². The summed E-state index contributed by atoms with van der Waals surface area (Å²) in [4.78, 5) is 12.9. The zero-order valence-electron chi connectivity index (χ0n) is 20.0. The fraction of sp³-hybridized carbons (Fsp3) is 0.261. The first-order chi connectivity index (χ1) is 17.2. The molecule has 4 rings (SSSR count). The Bertz CT molecular complexity index is 1440. The van der Waals surface area contributed by atoms with Crippen molar-refractivity contribution in [1.29, 1.82) is 0 Å². The number of ether oxygens (including phenoxy) is 2. The van der Waals surface area contributed by atoms with Crippen LogP contribution in [0.4, 0.5) is 5.95 Å². The number of sulfonamides is 1. The number of nitrogens with zero attached hydrogens (tertiary/aromatic N) is 6. The summed E-state index contributed by atoms with van der Waals surface area (Å²) in [7, 11) is -1.15. The smallest absolute Gasteiger partial charge is 0.243 e. The van der Waals surface area contributed by atoms with Crippen LogP contribution in [-0.4, -0.2) is 57.6 Å². The highest BCUT2D eigenvalue weighted by atomic mass is 35.5. The third-order valence-electron chi connectivity index (χ3n) is 5.37. The maximum atomic E-state index is 13.4. The Morgan fingerprint density at radius 3 is 2.36 bits per heavy atom. The first-order valence-electron chi connectivity index (χ1n) is 10.8. The molecule has 0 saturated carbocycles. The minimum absolute atomic E-state index is 0.0385. The van der Waals surface area contributed by atoms with Crippen LogP contribution in [0.3, 0.4) is 0 Å². The second-order valence-electron chi connectivity index (χ2n) is 7.85. The van der Waals surface area contributed by atoms with Gasteiger partial charge >= 0.3 is 0 Å². The van der Waals surface area contributed by atoms with E-state index in [9.17, 15) is 8.42 Å². The lowest BCUT2D eigenvalue weighted by atomic mass is 10.2. The highest BCUT2D eigenvalue weighted by Crippen LogP contribution is 2.29. The second kappa shape index (κ2) is 10.6. The molecule has 0 bridgehead atoms. The molecule has 0 aliphatic heterocycles. The molecule has 0 aliphatic carbocycles. The number of hydrogen-bond donors (Lipinski definition) is 1. The van der Waals surface area contributed by atoms with Crippen LogP contribution in [0.2, 0.25) is 5.02 Å². The number of hydrogen-bond acceptors (Lipinski definition) is 9. The summed E-state index contributed by atoms with van der Waals surface area (Å²) < 4.78 is 41.6. The molecule has 2 unspecified atom stereocenters. The highest BCUT2D eigenvalue weighted by molar-refractivity contribution is 7.93. The molecule has 11 nitrogen and oxygen atoms in total. The second-order valence-corrected chi connectivity index (χ2v) is 10.3. The number of halogens is 1. The minimum atomic E-state index is -4.05. The molecule has 4 aromatic rings. The summed E-state index contributed by atoms with van der Waals surface area (Å²) in [5.74, 6) is 0.881. The molecule has 3 heterocycles. The Labute approximate surface area is 213 Å².